The molecule has 3 aromatic heterocycles. The van der Waals surface area contributed by atoms with Gasteiger partial charge in [0, 0.05) is 43.7 Å². The van der Waals surface area contributed by atoms with E-state index in [4.69, 9.17) is 4.42 Å². The Balaban J connectivity index is 1.07. The van der Waals surface area contributed by atoms with Gasteiger partial charge >= 0.3 is 0 Å². The van der Waals surface area contributed by atoms with Crippen LogP contribution in [0.3, 0.4) is 0 Å². The van der Waals surface area contributed by atoms with Gasteiger partial charge in [-0.3, -0.25) is 0 Å². The number of fused-ring (bicyclic) bond motifs is 9. The van der Waals surface area contributed by atoms with Crippen molar-refractivity contribution in [2.75, 3.05) is 0 Å². The molecule has 13 aromatic rings. The van der Waals surface area contributed by atoms with E-state index in [-0.39, 0.29) is 0 Å². The zero-order valence-electron chi connectivity index (χ0n) is 34.9. The molecule has 0 radical (unpaired) electrons. The van der Waals surface area contributed by atoms with Gasteiger partial charge in [0.2, 0.25) is 0 Å². The molecule has 1 unspecified atom stereocenters. The molecule has 0 N–H and O–H groups in total. The molecule has 0 fully saturated rings. The Bertz CT molecular complexity index is 3860. The molecule has 0 saturated heterocycles. The fourth-order valence-electron chi connectivity index (χ4n) is 10.7. The third-order valence-electron chi connectivity index (χ3n) is 13.5. The molecule has 0 aliphatic carbocycles. The average Bonchev–Trinajstić information content (AvgIpc) is 4.02. The number of nitrogens with zero attached hydrogens (tertiary/aromatic N) is 2. The highest BCUT2D eigenvalue weighted by atomic mass is 28.3. The second kappa shape index (κ2) is 14.5. The SMILES string of the molecule is c1ccc(-c2cccc([Si](c3ccccc3)(c3cccc(-n4c5ccccc5c5cc(-n6c7ccccc7c7ccccc76)ccc54)c3)c3ccc4c(c3)oc3ccccc34)c2)cc1. The highest BCUT2D eigenvalue weighted by Gasteiger charge is 2.42. The van der Waals surface area contributed by atoms with Crippen molar-refractivity contribution in [3.63, 3.8) is 0 Å². The van der Waals surface area contributed by atoms with Crippen LogP contribution in [0.25, 0.3) is 88.1 Å². The standard InChI is InChI=1S/C60H40N2OSi/c1-3-17-41(18-4-1)42-19-15-23-46(37-42)64(45-21-5-2-6-22-45,48-34-35-53-52-28-10-14-32-59(52)63-60(53)40-48)47-24-16-20-43(38-47)61-57-31-13-9-27-51(57)54-39-44(33-36-58(54)61)62-55-29-11-7-25-49(55)50-26-8-12-30-56(50)62/h1-40H. The van der Waals surface area contributed by atoms with Gasteiger partial charge < -0.3 is 13.6 Å². The number of hydrogen-bond donors (Lipinski definition) is 0. The molecule has 0 aliphatic rings. The maximum Gasteiger partial charge on any atom is 0.179 e. The summed E-state index contributed by atoms with van der Waals surface area (Å²) >= 11 is 0. The maximum atomic E-state index is 6.67. The first kappa shape index (κ1) is 36.5. The Morgan fingerprint density at radius 1 is 0.266 bits per heavy atom. The van der Waals surface area contributed by atoms with E-state index in [2.05, 4.69) is 252 Å². The van der Waals surface area contributed by atoms with Crippen molar-refractivity contribution in [2.45, 2.75) is 0 Å². The van der Waals surface area contributed by atoms with Crippen LogP contribution in [-0.2, 0) is 0 Å². The third kappa shape index (κ3) is 5.46. The van der Waals surface area contributed by atoms with Crippen molar-refractivity contribution in [3.05, 3.63) is 243 Å². The summed E-state index contributed by atoms with van der Waals surface area (Å²) in [6.07, 6.45) is 0. The summed E-state index contributed by atoms with van der Waals surface area (Å²) in [5, 5.41) is 12.4. The van der Waals surface area contributed by atoms with E-state index >= 15 is 0 Å². The van der Waals surface area contributed by atoms with Crippen molar-refractivity contribution in [2.24, 2.45) is 0 Å². The lowest BCUT2D eigenvalue weighted by atomic mass is 10.1. The molecular weight excluding hydrogens is 793 g/mol. The largest absolute Gasteiger partial charge is 0.456 e. The minimum atomic E-state index is -3.08. The van der Waals surface area contributed by atoms with Gasteiger partial charge in [0.05, 0.1) is 22.1 Å². The smallest absolute Gasteiger partial charge is 0.179 e. The van der Waals surface area contributed by atoms with Crippen LogP contribution in [0.1, 0.15) is 0 Å². The number of rotatable bonds is 7. The molecule has 0 aliphatic heterocycles. The predicted octanol–water partition coefficient (Wildman–Crippen LogP) is 12.8. The van der Waals surface area contributed by atoms with Crippen LogP contribution in [-0.4, -0.2) is 17.2 Å². The zero-order valence-corrected chi connectivity index (χ0v) is 35.9. The number of hydrogen-bond acceptors (Lipinski definition) is 1. The van der Waals surface area contributed by atoms with E-state index in [1.165, 1.54) is 75.5 Å². The Hall–Kier alpha value is -8.18. The summed E-state index contributed by atoms with van der Waals surface area (Å²) in [6, 6.07) is 89.4. The first-order chi connectivity index (χ1) is 31.7. The zero-order chi connectivity index (χ0) is 42.2. The maximum absolute atomic E-state index is 6.67. The van der Waals surface area contributed by atoms with Crippen LogP contribution in [0, 0.1) is 0 Å². The summed E-state index contributed by atoms with van der Waals surface area (Å²) in [4.78, 5) is 0. The predicted molar refractivity (Wildman–Crippen MR) is 271 cm³/mol. The molecule has 13 rings (SSSR count). The number of para-hydroxylation sites is 4. The second-order valence-corrected chi connectivity index (χ2v) is 20.7. The van der Waals surface area contributed by atoms with Crippen molar-refractivity contribution < 1.29 is 4.42 Å². The molecule has 0 bridgehead atoms. The molecule has 64 heavy (non-hydrogen) atoms. The highest BCUT2D eigenvalue weighted by Crippen LogP contribution is 2.37. The summed E-state index contributed by atoms with van der Waals surface area (Å²) < 4.78 is 11.6. The molecule has 0 amide bonds. The Kier molecular flexibility index (Phi) is 8.23. The average molecular weight is 833 g/mol. The van der Waals surface area contributed by atoms with Crippen molar-refractivity contribution >= 4 is 94.4 Å². The van der Waals surface area contributed by atoms with Gasteiger partial charge in [-0.05, 0) is 92.5 Å². The van der Waals surface area contributed by atoms with Crippen molar-refractivity contribution in [1.82, 2.24) is 9.13 Å². The summed E-state index contributed by atoms with van der Waals surface area (Å²) in [6.45, 7) is 0. The Morgan fingerprint density at radius 3 is 1.45 bits per heavy atom. The van der Waals surface area contributed by atoms with E-state index in [0.29, 0.717) is 0 Å². The summed E-state index contributed by atoms with van der Waals surface area (Å²) in [7, 11) is -3.08. The fraction of sp³-hybridized carbons (Fsp3) is 0. The molecule has 300 valence electrons. The number of furan rings is 1. The molecule has 3 heterocycles. The van der Waals surface area contributed by atoms with E-state index in [1.807, 2.05) is 0 Å². The lowest BCUT2D eigenvalue weighted by Crippen LogP contribution is -2.74. The Labute approximate surface area is 371 Å². The molecular formula is C60H40N2OSi. The van der Waals surface area contributed by atoms with E-state index in [9.17, 15) is 0 Å². The molecule has 0 spiro atoms. The van der Waals surface area contributed by atoms with E-state index in [0.717, 1.165) is 33.3 Å². The Morgan fingerprint density at radius 2 is 0.750 bits per heavy atom. The van der Waals surface area contributed by atoms with Gasteiger partial charge in [0.1, 0.15) is 11.2 Å². The van der Waals surface area contributed by atoms with Gasteiger partial charge in [-0.25, -0.2) is 0 Å². The highest BCUT2D eigenvalue weighted by molar-refractivity contribution is 7.20. The van der Waals surface area contributed by atoms with Crippen molar-refractivity contribution in [3.8, 4) is 22.5 Å². The minimum absolute atomic E-state index is 0.905. The van der Waals surface area contributed by atoms with Gasteiger partial charge in [0.15, 0.2) is 8.07 Å². The van der Waals surface area contributed by atoms with E-state index < -0.39 is 8.07 Å². The van der Waals surface area contributed by atoms with Gasteiger partial charge in [-0.15, -0.1) is 0 Å². The fourth-order valence-corrected chi connectivity index (χ4v) is 15.5. The summed E-state index contributed by atoms with van der Waals surface area (Å²) in [5.41, 5.74) is 11.3. The summed E-state index contributed by atoms with van der Waals surface area (Å²) in [5.74, 6) is 0. The molecule has 0 saturated carbocycles. The van der Waals surface area contributed by atoms with E-state index in [1.54, 1.807) is 0 Å². The van der Waals surface area contributed by atoms with Crippen LogP contribution in [0.5, 0.6) is 0 Å². The van der Waals surface area contributed by atoms with Crippen LogP contribution in [0.4, 0.5) is 0 Å². The normalized spacial score (nSPS) is 12.8. The molecule has 4 heteroatoms. The molecule has 3 nitrogen and oxygen atoms in total. The van der Waals surface area contributed by atoms with Gasteiger partial charge in [-0.1, -0.05) is 182 Å². The monoisotopic (exact) mass is 832 g/mol. The third-order valence-corrected chi connectivity index (χ3v) is 18.2. The van der Waals surface area contributed by atoms with Crippen molar-refractivity contribution in [1.29, 1.82) is 0 Å². The quantitative estimate of drug-likeness (QED) is 0.116. The second-order valence-electron chi connectivity index (χ2n) is 16.8. The van der Waals surface area contributed by atoms with Gasteiger partial charge in [-0.2, -0.15) is 0 Å². The van der Waals surface area contributed by atoms with Gasteiger partial charge in [0.25, 0.3) is 0 Å². The van der Waals surface area contributed by atoms with Crippen LogP contribution in [0.15, 0.2) is 247 Å². The minimum Gasteiger partial charge on any atom is -0.456 e. The molecule has 10 aromatic carbocycles. The molecule has 1 atom stereocenters. The number of aromatic nitrogens is 2. The van der Waals surface area contributed by atoms with Crippen LogP contribution >= 0.6 is 0 Å². The first-order valence-electron chi connectivity index (χ1n) is 22.0. The van der Waals surface area contributed by atoms with Crippen LogP contribution in [0.2, 0.25) is 0 Å². The van der Waals surface area contributed by atoms with Crippen LogP contribution < -0.4 is 20.7 Å². The first-order valence-corrected chi connectivity index (χ1v) is 24.0. The topological polar surface area (TPSA) is 23.0 Å². The lowest BCUT2D eigenvalue weighted by Gasteiger charge is -2.35. The number of benzene rings is 10. The lowest BCUT2D eigenvalue weighted by molar-refractivity contribution is 0.669.